The van der Waals surface area contributed by atoms with Crippen molar-refractivity contribution in [2.45, 2.75) is 19.9 Å². The summed E-state index contributed by atoms with van der Waals surface area (Å²) in [5, 5.41) is 10.4. The molecule has 3 rings (SSSR count). The van der Waals surface area contributed by atoms with Gasteiger partial charge < -0.3 is 9.30 Å². The summed E-state index contributed by atoms with van der Waals surface area (Å²) >= 11 is 0. The molecule has 0 saturated carbocycles. The van der Waals surface area contributed by atoms with E-state index in [4.69, 9.17) is 4.74 Å². The summed E-state index contributed by atoms with van der Waals surface area (Å²) < 4.78 is 7.39. The van der Waals surface area contributed by atoms with Gasteiger partial charge in [0.05, 0.1) is 0 Å². The fourth-order valence-corrected chi connectivity index (χ4v) is 2.84. The molecule has 0 N–H and O–H groups in total. The number of ether oxygens (including phenoxy) is 1. The topological polar surface area (TPSA) is 55.0 Å². The number of rotatable bonds is 6. The molecular formula is C23H20N2O2. The zero-order valence-corrected chi connectivity index (χ0v) is 15.1. The monoisotopic (exact) mass is 356 g/mol. The SMILES string of the molecule is CC/C=C/Cn1cc(/C=C(\C#N)C(=O)Oc2ccccc2)c2ccccc21. The molecule has 0 saturated heterocycles. The molecule has 0 aliphatic carbocycles. The first-order valence-corrected chi connectivity index (χ1v) is 8.85. The average Bonchev–Trinajstić information content (AvgIpc) is 3.05. The number of carbonyl (C=O) groups excluding carboxylic acids is 1. The highest BCUT2D eigenvalue weighted by molar-refractivity contribution is 6.02. The summed E-state index contributed by atoms with van der Waals surface area (Å²) in [6.45, 7) is 2.83. The highest BCUT2D eigenvalue weighted by Crippen LogP contribution is 2.24. The summed E-state index contributed by atoms with van der Waals surface area (Å²) in [5.41, 5.74) is 1.83. The van der Waals surface area contributed by atoms with Crippen molar-refractivity contribution < 1.29 is 9.53 Å². The lowest BCUT2D eigenvalue weighted by atomic mass is 10.1. The molecule has 134 valence electrons. The van der Waals surface area contributed by atoms with Crippen molar-refractivity contribution in [1.82, 2.24) is 4.57 Å². The van der Waals surface area contributed by atoms with Crippen molar-refractivity contribution in [1.29, 1.82) is 5.26 Å². The predicted octanol–water partition coefficient (Wildman–Crippen LogP) is 5.12. The van der Waals surface area contributed by atoms with Crippen LogP contribution in [0.1, 0.15) is 18.9 Å². The highest BCUT2D eigenvalue weighted by Gasteiger charge is 2.14. The van der Waals surface area contributed by atoms with Crippen LogP contribution in [0.5, 0.6) is 5.75 Å². The Morgan fingerprint density at radius 3 is 2.59 bits per heavy atom. The Morgan fingerprint density at radius 2 is 1.85 bits per heavy atom. The molecule has 4 nitrogen and oxygen atoms in total. The normalized spacial score (nSPS) is 11.6. The van der Waals surface area contributed by atoms with Crippen LogP contribution in [0.25, 0.3) is 17.0 Å². The Balaban J connectivity index is 1.94. The van der Waals surface area contributed by atoms with Crippen LogP contribution < -0.4 is 4.74 Å². The van der Waals surface area contributed by atoms with Gasteiger partial charge in [-0.1, -0.05) is 55.5 Å². The number of para-hydroxylation sites is 2. The number of hydrogen-bond acceptors (Lipinski definition) is 3. The van der Waals surface area contributed by atoms with Gasteiger partial charge in [-0.3, -0.25) is 0 Å². The van der Waals surface area contributed by atoms with E-state index in [0.29, 0.717) is 5.75 Å². The highest BCUT2D eigenvalue weighted by atomic mass is 16.5. The van der Waals surface area contributed by atoms with Gasteiger partial charge in [0.2, 0.25) is 0 Å². The average molecular weight is 356 g/mol. The third kappa shape index (κ3) is 4.34. The van der Waals surface area contributed by atoms with Gasteiger partial charge in [-0.05, 0) is 30.7 Å². The predicted molar refractivity (Wildman–Crippen MR) is 107 cm³/mol. The molecule has 0 spiro atoms. The van der Waals surface area contributed by atoms with Crippen LogP contribution in [0.15, 0.2) is 78.5 Å². The number of benzene rings is 2. The first-order chi connectivity index (χ1) is 13.2. The third-order valence-electron chi connectivity index (χ3n) is 4.12. The molecule has 3 aromatic rings. The fraction of sp³-hybridized carbons (Fsp3) is 0.130. The quantitative estimate of drug-likeness (QED) is 0.202. The van der Waals surface area contributed by atoms with Crippen LogP contribution in [0.3, 0.4) is 0 Å². The fourth-order valence-electron chi connectivity index (χ4n) is 2.84. The molecule has 0 atom stereocenters. The van der Waals surface area contributed by atoms with E-state index in [1.54, 1.807) is 30.3 Å². The second kappa shape index (κ2) is 8.68. The molecule has 27 heavy (non-hydrogen) atoms. The molecule has 2 aromatic carbocycles. The van der Waals surface area contributed by atoms with Crippen molar-refractivity contribution >= 4 is 22.9 Å². The molecule has 0 bridgehead atoms. The third-order valence-corrected chi connectivity index (χ3v) is 4.12. The van der Waals surface area contributed by atoms with E-state index in [1.807, 2.05) is 42.6 Å². The summed E-state index contributed by atoms with van der Waals surface area (Å²) in [7, 11) is 0. The van der Waals surface area contributed by atoms with E-state index in [1.165, 1.54) is 0 Å². The number of nitrogens with zero attached hydrogens (tertiary/aromatic N) is 2. The van der Waals surface area contributed by atoms with Crippen molar-refractivity contribution in [3.8, 4) is 11.8 Å². The number of fused-ring (bicyclic) bond motifs is 1. The van der Waals surface area contributed by atoms with Gasteiger partial charge in [0.15, 0.2) is 0 Å². The first-order valence-electron chi connectivity index (χ1n) is 8.85. The molecule has 4 heteroatoms. The number of allylic oxidation sites excluding steroid dienone is 2. The Bertz CT molecular complexity index is 1040. The first kappa shape index (κ1) is 18.2. The van der Waals surface area contributed by atoms with E-state index in [-0.39, 0.29) is 5.57 Å². The van der Waals surface area contributed by atoms with Crippen molar-refractivity contribution in [3.63, 3.8) is 0 Å². The standard InChI is InChI=1S/C23H20N2O2/c1-2-3-9-14-25-17-19(21-12-7-8-13-22(21)25)15-18(16-24)23(26)27-20-10-5-4-6-11-20/h3-13,15,17H,2,14H2,1H3/b9-3+,18-15+. The summed E-state index contributed by atoms with van der Waals surface area (Å²) in [6.07, 6.45) is 8.75. The zero-order valence-electron chi connectivity index (χ0n) is 15.1. The Labute approximate surface area is 158 Å². The van der Waals surface area contributed by atoms with E-state index >= 15 is 0 Å². The van der Waals surface area contributed by atoms with Crippen LogP contribution in [0.2, 0.25) is 0 Å². The molecule has 0 amide bonds. The molecule has 1 heterocycles. The van der Waals surface area contributed by atoms with Gasteiger partial charge >= 0.3 is 5.97 Å². The summed E-state index contributed by atoms with van der Waals surface area (Å²) in [6, 6.07) is 18.6. The van der Waals surface area contributed by atoms with Crippen molar-refractivity contribution in [2.24, 2.45) is 0 Å². The molecule has 0 aliphatic heterocycles. The minimum absolute atomic E-state index is 0.0362. The van der Waals surface area contributed by atoms with Crippen LogP contribution in [0, 0.1) is 11.3 Å². The van der Waals surface area contributed by atoms with Crippen LogP contribution in [-0.4, -0.2) is 10.5 Å². The number of nitriles is 1. The Hall–Kier alpha value is -3.58. The molecule has 0 aliphatic rings. The molecule has 0 unspecified atom stereocenters. The number of esters is 1. The van der Waals surface area contributed by atoms with Crippen LogP contribution in [-0.2, 0) is 11.3 Å². The number of aromatic nitrogens is 1. The Kier molecular flexibility index (Phi) is 5.86. The van der Waals surface area contributed by atoms with Gasteiger partial charge in [0, 0.05) is 29.2 Å². The van der Waals surface area contributed by atoms with Crippen molar-refractivity contribution in [3.05, 3.63) is 84.1 Å². The van der Waals surface area contributed by atoms with Gasteiger partial charge in [-0.25, -0.2) is 4.79 Å². The second-order valence-electron chi connectivity index (χ2n) is 6.01. The molecule has 0 fully saturated rings. The number of carbonyl (C=O) groups is 1. The van der Waals surface area contributed by atoms with Crippen molar-refractivity contribution in [2.75, 3.05) is 0 Å². The maximum absolute atomic E-state index is 12.4. The van der Waals surface area contributed by atoms with E-state index in [2.05, 4.69) is 23.6 Å². The zero-order chi connectivity index (χ0) is 19.1. The molecule has 1 aromatic heterocycles. The Morgan fingerprint density at radius 1 is 1.11 bits per heavy atom. The molecular weight excluding hydrogens is 336 g/mol. The lowest BCUT2D eigenvalue weighted by molar-refractivity contribution is -0.129. The van der Waals surface area contributed by atoms with Gasteiger partial charge in [-0.2, -0.15) is 5.26 Å². The largest absolute Gasteiger partial charge is 0.422 e. The smallest absolute Gasteiger partial charge is 0.354 e. The van der Waals surface area contributed by atoms with Gasteiger partial charge in [-0.15, -0.1) is 0 Å². The van der Waals surface area contributed by atoms with E-state index < -0.39 is 5.97 Å². The molecule has 0 radical (unpaired) electrons. The maximum Gasteiger partial charge on any atom is 0.354 e. The lowest BCUT2D eigenvalue weighted by Crippen LogP contribution is -2.09. The lowest BCUT2D eigenvalue weighted by Gasteiger charge is -2.02. The minimum Gasteiger partial charge on any atom is -0.422 e. The maximum atomic E-state index is 12.4. The van der Waals surface area contributed by atoms with Crippen LogP contribution in [0.4, 0.5) is 0 Å². The second-order valence-corrected chi connectivity index (χ2v) is 6.01. The van der Waals surface area contributed by atoms with E-state index in [0.717, 1.165) is 29.4 Å². The van der Waals surface area contributed by atoms with Gasteiger partial charge in [0.1, 0.15) is 17.4 Å². The summed E-state index contributed by atoms with van der Waals surface area (Å²) in [5.74, 6) is -0.248. The van der Waals surface area contributed by atoms with E-state index in [9.17, 15) is 10.1 Å². The number of hydrogen-bond donors (Lipinski definition) is 0. The van der Waals surface area contributed by atoms with Gasteiger partial charge in [0.25, 0.3) is 0 Å². The van der Waals surface area contributed by atoms with Crippen LogP contribution >= 0.6 is 0 Å². The minimum atomic E-state index is -0.661. The summed E-state index contributed by atoms with van der Waals surface area (Å²) in [4.78, 5) is 12.4.